The quantitative estimate of drug-likeness (QED) is 0.441. The molecule has 6 aromatic rings. The summed E-state index contributed by atoms with van der Waals surface area (Å²) in [5.74, 6) is 0.936. The van der Waals surface area contributed by atoms with Crippen LogP contribution in [0.5, 0.6) is 0 Å². The van der Waals surface area contributed by atoms with Gasteiger partial charge in [0.1, 0.15) is 18.0 Å². The molecule has 0 spiro atoms. The number of benzene rings is 2. The first-order valence-electron chi connectivity index (χ1n) is 10.7. The largest absolute Gasteiger partial charge is 0.361 e. The van der Waals surface area contributed by atoms with Gasteiger partial charge in [-0.1, -0.05) is 0 Å². The van der Waals surface area contributed by atoms with Crippen molar-refractivity contribution >= 4 is 38.9 Å². The van der Waals surface area contributed by atoms with Crippen LogP contribution >= 0.6 is 0 Å². The zero-order valence-electron chi connectivity index (χ0n) is 19.0. The smallest absolute Gasteiger partial charge is 0.328 e. The van der Waals surface area contributed by atoms with Crippen molar-refractivity contribution in [1.82, 2.24) is 33.6 Å². The highest BCUT2D eigenvalue weighted by atomic mass is 19.1. The maximum atomic E-state index is 14.2. The summed E-state index contributed by atoms with van der Waals surface area (Å²) < 4.78 is 19.3. The van der Waals surface area contributed by atoms with E-state index < -0.39 is 0 Å². The van der Waals surface area contributed by atoms with Gasteiger partial charge in [-0.25, -0.2) is 24.1 Å². The first kappa shape index (κ1) is 20.2. The fourth-order valence-electron chi connectivity index (χ4n) is 4.55. The number of hydrogen-bond acceptors (Lipinski definition) is 5. The molecule has 0 aliphatic rings. The normalized spacial score (nSPS) is 11.8. The summed E-state index contributed by atoms with van der Waals surface area (Å²) in [5, 5.41) is 0.712. The van der Waals surface area contributed by atoms with Crippen molar-refractivity contribution in [2.75, 3.05) is 19.0 Å². The number of halogens is 1. The van der Waals surface area contributed by atoms with Gasteiger partial charge in [0.05, 0.1) is 16.7 Å². The summed E-state index contributed by atoms with van der Waals surface area (Å²) in [7, 11) is 7.29. The van der Waals surface area contributed by atoms with E-state index in [9.17, 15) is 9.18 Å². The summed E-state index contributed by atoms with van der Waals surface area (Å²) in [4.78, 5) is 31.5. The molecule has 2 aromatic carbocycles. The maximum Gasteiger partial charge on any atom is 0.328 e. The number of aryl methyl sites for hydroxylation is 2. The van der Waals surface area contributed by atoms with Gasteiger partial charge in [-0.3, -0.25) is 13.7 Å². The summed E-state index contributed by atoms with van der Waals surface area (Å²) in [5.41, 5.74) is 5.04. The minimum atomic E-state index is -0.328. The van der Waals surface area contributed by atoms with E-state index in [2.05, 4.69) is 15.0 Å². The molecule has 1 N–H and O–H groups in total. The summed E-state index contributed by atoms with van der Waals surface area (Å²) in [6.07, 6.45) is 3.33. The Kier molecular flexibility index (Phi) is 4.16. The highest BCUT2D eigenvalue weighted by Gasteiger charge is 2.22. The van der Waals surface area contributed by atoms with Gasteiger partial charge in [-0.15, -0.1) is 0 Å². The number of aromatic nitrogens is 7. The number of fused-ring (bicyclic) bond motifs is 3. The number of nitrogens with zero attached hydrogens (tertiary/aromatic N) is 7. The van der Waals surface area contributed by atoms with E-state index in [0.29, 0.717) is 28.2 Å². The van der Waals surface area contributed by atoms with Gasteiger partial charge in [0.25, 0.3) is 0 Å². The predicted molar refractivity (Wildman–Crippen MR) is 130 cm³/mol. The van der Waals surface area contributed by atoms with Crippen LogP contribution in [0.4, 0.5) is 10.2 Å². The van der Waals surface area contributed by atoms with E-state index >= 15 is 0 Å². The zero-order chi connectivity index (χ0) is 23.7. The van der Waals surface area contributed by atoms with Crippen LogP contribution in [-0.2, 0) is 14.1 Å². The van der Waals surface area contributed by atoms with Crippen LogP contribution < -0.4 is 10.6 Å². The number of aromatic amines is 1. The van der Waals surface area contributed by atoms with Gasteiger partial charge < -0.3 is 9.88 Å². The Hall–Kier alpha value is -4.47. The minimum absolute atomic E-state index is 0.104. The van der Waals surface area contributed by atoms with E-state index in [1.54, 1.807) is 29.3 Å². The Bertz CT molecular complexity index is 1800. The molecule has 9 nitrogen and oxygen atoms in total. The molecule has 34 heavy (non-hydrogen) atoms. The number of hydrogen-bond donors (Lipinski definition) is 1. The Labute approximate surface area is 192 Å². The van der Waals surface area contributed by atoms with Crippen molar-refractivity contribution in [3.8, 4) is 17.1 Å². The highest BCUT2D eigenvalue weighted by Crippen LogP contribution is 2.35. The van der Waals surface area contributed by atoms with Crippen molar-refractivity contribution in [2.24, 2.45) is 14.1 Å². The summed E-state index contributed by atoms with van der Waals surface area (Å²) in [6.45, 7) is 0. The van der Waals surface area contributed by atoms with Crippen LogP contribution in [-0.4, -0.2) is 47.7 Å². The van der Waals surface area contributed by atoms with Crippen molar-refractivity contribution in [2.45, 2.75) is 0 Å². The molecular weight excluding hydrogens is 435 g/mol. The molecule has 0 fully saturated rings. The molecule has 0 aliphatic heterocycles. The number of H-pyrrole nitrogens is 1. The molecule has 0 saturated heterocycles. The third kappa shape index (κ3) is 2.71. The lowest BCUT2D eigenvalue weighted by Gasteiger charge is -2.11. The SMILES string of the molecule is CN(C)c1ncnc2c1nc(-c1c[nH]c3ccc(F)cc13)n2-c1ccc2c(c1)n(C)c(=O)n2C. The van der Waals surface area contributed by atoms with Gasteiger partial charge in [0, 0.05) is 50.9 Å². The number of anilines is 1. The average Bonchev–Trinajstić information content (AvgIpc) is 3.47. The van der Waals surface area contributed by atoms with Gasteiger partial charge in [0.15, 0.2) is 17.0 Å². The Morgan fingerprint density at radius 2 is 1.79 bits per heavy atom. The van der Waals surface area contributed by atoms with Crippen LogP contribution in [0.25, 0.3) is 50.2 Å². The molecule has 0 atom stereocenters. The lowest BCUT2D eigenvalue weighted by Crippen LogP contribution is -2.19. The Morgan fingerprint density at radius 1 is 1.00 bits per heavy atom. The molecule has 4 heterocycles. The van der Waals surface area contributed by atoms with Gasteiger partial charge >= 0.3 is 5.69 Å². The fraction of sp³-hybridized carbons (Fsp3) is 0.167. The third-order valence-corrected chi connectivity index (χ3v) is 6.25. The van der Waals surface area contributed by atoms with E-state index in [4.69, 9.17) is 4.98 Å². The molecule has 4 aromatic heterocycles. The summed E-state index contributed by atoms with van der Waals surface area (Å²) >= 11 is 0. The van der Waals surface area contributed by atoms with E-state index in [0.717, 1.165) is 27.8 Å². The van der Waals surface area contributed by atoms with E-state index in [1.165, 1.54) is 18.5 Å². The van der Waals surface area contributed by atoms with Gasteiger partial charge in [-0.05, 0) is 36.4 Å². The van der Waals surface area contributed by atoms with Crippen LogP contribution in [0.1, 0.15) is 0 Å². The molecule has 0 aliphatic carbocycles. The Morgan fingerprint density at radius 3 is 2.59 bits per heavy atom. The monoisotopic (exact) mass is 456 g/mol. The first-order chi connectivity index (χ1) is 16.3. The predicted octanol–water partition coefficient (Wildman–Crippen LogP) is 3.36. The van der Waals surface area contributed by atoms with Crippen LogP contribution in [0.15, 0.2) is 53.7 Å². The molecular formula is C24H21FN8O. The zero-order valence-corrected chi connectivity index (χ0v) is 19.0. The molecule has 10 heteroatoms. The number of imidazole rings is 2. The standard InChI is InChI=1S/C24H21FN8O/c1-30(2)22-20-23(28-12-27-22)33(14-6-8-18-19(10-14)32(4)24(34)31(18)3)21(29-20)16-11-26-17-7-5-13(25)9-15(16)17/h5-12,26H,1-4H3. The molecule has 6 rings (SSSR count). The first-order valence-corrected chi connectivity index (χ1v) is 10.7. The van der Waals surface area contributed by atoms with E-state index in [-0.39, 0.29) is 11.5 Å². The molecule has 170 valence electrons. The lowest BCUT2D eigenvalue weighted by molar-refractivity contribution is 0.630. The number of nitrogens with one attached hydrogen (secondary N) is 1. The van der Waals surface area contributed by atoms with E-state index in [1.807, 2.05) is 48.0 Å². The minimum Gasteiger partial charge on any atom is -0.361 e. The lowest BCUT2D eigenvalue weighted by atomic mass is 10.1. The topological polar surface area (TPSA) is 89.6 Å². The van der Waals surface area contributed by atoms with Gasteiger partial charge in [0.2, 0.25) is 0 Å². The van der Waals surface area contributed by atoms with Crippen LogP contribution in [0, 0.1) is 5.82 Å². The molecule has 0 saturated carbocycles. The van der Waals surface area contributed by atoms with Crippen molar-refractivity contribution in [3.05, 3.63) is 65.2 Å². The molecule has 0 radical (unpaired) electrons. The fourth-order valence-corrected chi connectivity index (χ4v) is 4.55. The van der Waals surface area contributed by atoms with Crippen LogP contribution in [0.3, 0.4) is 0 Å². The molecule has 0 bridgehead atoms. The van der Waals surface area contributed by atoms with Crippen molar-refractivity contribution < 1.29 is 4.39 Å². The van der Waals surface area contributed by atoms with Crippen molar-refractivity contribution in [3.63, 3.8) is 0 Å². The van der Waals surface area contributed by atoms with Crippen molar-refractivity contribution in [1.29, 1.82) is 0 Å². The maximum absolute atomic E-state index is 14.2. The second kappa shape index (κ2) is 7.01. The Balaban J connectivity index is 1.73. The second-order valence-electron chi connectivity index (χ2n) is 8.50. The third-order valence-electron chi connectivity index (χ3n) is 6.25. The highest BCUT2D eigenvalue weighted by molar-refractivity contribution is 5.97. The van der Waals surface area contributed by atoms with Gasteiger partial charge in [-0.2, -0.15) is 0 Å². The second-order valence-corrected chi connectivity index (χ2v) is 8.50. The number of rotatable bonds is 3. The molecule has 0 unspecified atom stereocenters. The van der Waals surface area contributed by atoms with Crippen LogP contribution in [0.2, 0.25) is 0 Å². The summed E-state index contributed by atoms with van der Waals surface area (Å²) in [6, 6.07) is 10.4. The molecule has 0 amide bonds. The average molecular weight is 456 g/mol.